The first-order valence-electron chi connectivity index (χ1n) is 6.81. The molecule has 1 aromatic carbocycles. The van der Waals surface area contributed by atoms with Gasteiger partial charge in [0, 0.05) is 28.5 Å². The SMILES string of the molecule is CC(C)(C)NC(=O)CNCc1cc(Br)cc2c1OCC2. The summed E-state index contributed by atoms with van der Waals surface area (Å²) in [6.07, 6.45) is 0.951. The largest absolute Gasteiger partial charge is 0.493 e. The highest BCUT2D eigenvalue weighted by Crippen LogP contribution is 2.32. The number of hydrogen-bond acceptors (Lipinski definition) is 3. The zero-order chi connectivity index (χ0) is 14.8. The minimum Gasteiger partial charge on any atom is -0.493 e. The summed E-state index contributed by atoms with van der Waals surface area (Å²) in [5.41, 5.74) is 2.13. The maximum absolute atomic E-state index is 11.7. The van der Waals surface area contributed by atoms with E-state index in [9.17, 15) is 4.79 Å². The molecule has 0 unspecified atom stereocenters. The molecule has 0 radical (unpaired) electrons. The summed E-state index contributed by atoms with van der Waals surface area (Å²) in [6.45, 7) is 7.58. The molecule has 2 rings (SSSR count). The van der Waals surface area contributed by atoms with Gasteiger partial charge in [-0.15, -0.1) is 0 Å². The van der Waals surface area contributed by atoms with Gasteiger partial charge in [-0.1, -0.05) is 15.9 Å². The summed E-state index contributed by atoms with van der Waals surface area (Å²) < 4.78 is 6.71. The van der Waals surface area contributed by atoms with E-state index in [0.717, 1.165) is 28.8 Å². The van der Waals surface area contributed by atoms with Crippen LogP contribution in [0, 0.1) is 0 Å². The third kappa shape index (κ3) is 4.21. The van der Waals surface area contributed by atoms with Crippen molar-refractivity contribution in [2.24, 2.45) is 0 Å². The van der Waals surface area contributed by atoms with Gasteiger partial charge in [-0.2, -0.15) is 0 Å². The number of hydrogen-bond donors (Lipinski definition) is 2. The number of rotatable bonds is 4. The highest BCUT2D eigenvalue weighted by molar-refractivity contribution is 9.10. The first-order valence-corrected chi connectivity index (χ1v) is 7.60. The summed E-state index contributed by atoms with van der Waals surface area (Å²) in [4.78, 5) is 11.7. The molecule has 110 valence electrons. The number of fused-ring (bicyclic) bond motifs is 1. The Morgan fingerprint density at radius 2 is 2.15 bits per heavy atom. The molecule has 0 spiro atoms. The summed E-state index contributed by atoms with van der Waals surface area (Å²) >= 11 is 3.51. The number of halogens is 1. The van der Waals surface area contributed by atoms with Crippen LogP contribution < -0.4 is 15.4 Å². The normalized spacial score (nSPS) is 13.8. The van der Waals surface area contributed by atoms with E-state index in [1.807, 2.05) is 26.8 Å². The second-order valence-corrected chi connectivity index (χ2v) is 6.97. The average molecular weight is 341 g/mol. The first-order chi connectivity index (χ1) is 9.35. The zero-order valence-electron chi connectivity index (χ0n) is 12.2. The molecule has 1 amide bonds. The van der Waals surface area contributed by atoms with Crippen LogP contribution in [0.3, 0.4) is 0 Å². The molecule has 20 heavy (non-hydrogen) atoms. The lowest BCUT2D eigenvalue weighted by atomic mass is 10.1. The number of ether oxygens (including phenoxy) is 1. The maximum Gasteiger partial charge on any atom is 0.234 e. The standard InChI is InChI=1S/C15H21BrN2O2/c1-15(2,3)18-13(19)9-17-8-11-7-12(16)6-10-4-5-20-14(10)11/h6-7,17H,4-5,8-9H2,1-3H3,(H,18,19). The maximum atomic E-state index is 11.7. The Hall–Kier alpha value is -1.07. The van der Waals surface area contributed by atoms with Crippen LogP contribution in [0.15, 0.2) is 16.6 Å². The number of carbonyl (C=O) groups is 1. The van der Waals surface area contributed by atoms with Crippen molar-refractivity contribution in [2.75, 3.05) is 13.2 Å². The van der Waals surface area contributed by atoms with E-state index in [2.05, 4.69) is 32.6 Å². The van der Waals surface area contributed by atoms with Gasteiger partial charge in [-0.3, -0.25) is 4.79 Å². The van der Waals surface area contributed by atoms with E-state index in [4.69, 9.17) is 4.74 Å². The number of amides is 1. The van der Waals surface area contributed by atoms with Crippen molar-refractivity contribution < 1.29 is 9.53 Å². The van der Waals surface area contributed by atoms with Crippen molar-refractivity contribution in [3.63, 3.8) is 0 Å². The Labute approximate surface area is 128 Å². The minimum absolute atomic E-state index is 0.00469. The molecule has 0 bridgehead atoms. The molecule has 1 heterocycles. The summed E-state index contributed by atoms with van der Waals surface area (Å²) in [6, 6.07) is 4.14. The van der Waals surface area contributed by atoms with Crippen molar-refractivity contribution in [1.82, 2.24) is 10.6 Å². The van der Waals surface area contributed by atoms with Crippen LogP contribution in [0.1, 0.15) is 31.9 Å². The third-order valence-electron chi connectivity index (χ3n) is 2.94. The average Bonchev–Trinajstić information content (AvgIpc) is 2.74. The van der Waals surface area contributed by atoms with Crippen LogP contribution in [-0.4, -0.2) is 24.6 Å². The molecule has 0 saturated carbocycles. The molecule has 1 aliphatic rings. The van der Waals surface area contributed by atoms with E-state index in [1.165, 1.54) is 5.56 Å². The molecule has 1 aliphatic heterocycles. The molecule has 4 nitrogen and oxygen atoms in total. The van der Waals surface area contributed by atoms with Gasteiger partial charge in [0.15, 0.2) is 0 Å². The van der Waals surface area contributed by atoms with Crippen molar-refractivity contribution in [3.8, 4) is 5.75 Å². The molecule has 0 saturated heterocycles. The van der Waals surface area contributed by atoms with Crippen LogP contribution in [-0.2, 0) is 17.8 Å². The smallest absolute Gasteiger partial charge is 0.234 e. The summed E-state index contributed by atoms with van der Waals surface area (Å²) in [5, 5.41) is 6.10. The van der Waals surface area contributed by atoms with Gasteiger partial charge in [0.05, 0.1) is 13.2 Å². The van der Waals surface area contributed by atoms with E-state index in [0.29, 0.717) is 13.1 Å². The molecule has 0 fully saturated rings. The van der Waals surface area contributed by atoms with Gasteiger partial charge in [0.2, 0.25) is 5.91 Å². The molecule has 5 heteroatoms. The van der Waals surface area contributed by atoms with E-state index in [-0.39, 0.29) is 11.4 Å². The monoisotopic (exact) mass is 340 g/mol. The van der Waals surface area contributed by atoms with Gasteiger partial charge in [-0.05, 0) is 38.5 Å². The van der Waals surface area contributed by atoms with E-state index >= 15 is 0 Å². The lowest BCUT2D eigenvalue weighted by Crippen LogP contribution is -2.44. The Kier molecular flexibility index (Phi) is 4.70. The van der Waals surface area contributed by atoms with Gasteiger partial charge in [-0.25, -0.2) is 0 Å². The van der Waals surface area contributed by atoms with Gasteiger partial charge in [0.25, 0.3) is 0 Å². The Morgan fingerprint density at radius 3 is 2.85 bits per heavy atom. The first kappa shape index (κ1) is 15.3. The summed E-state index contributed by atoms with van der Waals surface area (Å²) in [7, 11) is 0. The molecule has 0 aliphatic carbocycles. The fourth-order valence-electron chi connectivity index (χ4n) is 2.25. The molecule has 0 aromatic heterocycles. The Balaban J connectivity index is 1.91. The van der Waals surface area contributed by atoms with Crippen LogP contribution in [0.5, 0.6) is 5.75 Å². The fourth-order valence-corrected chi connectivity index (χ4v) is 2.80. The predicted molar refractivity (Wildman–Crippen MR) is 82.9 cm³/mol. The van der Waals surface area contributed by atoms with Gasteiger partial charge in [0.1, 0.15) is 5.75 Å². The molecule has 1 aromatic rings. The quantitative estimate of drug-likeness (QED) is 0.884. The van der Waals surface area contributed by atoms with Crippen molar-refractivity contribution in [2.45, 2.75) is 39.3 Å². The lowest BCUT2D eigenvalue weighted by Gasteiger charge is -2.20. The van der Waals surface area contributed by atoms with Gasteiger partial charge < -0.3 is 15.4 Å². The topological polar surface area (TPSA) is 50.4 Å². The predicted octanol–water partition coefficient (Wildman–Crippen LogP) is 2.39. The summed E-state index contributed by atoms with van der Waals surface area (Å²) in [5.74, 6) is 0.974. The third-order valence-corrected chi connectivity index (χ3v) is 3.40. The lowest BCUT2D eigenvalue weighted by molar-refractivity contribution is -0.121. The Bertz CT molecular complexity index is 509. The zero-order valence-corrected chi connectivity index (χ0v) is 13.8. The van der Waals surface area contributed by atoms with E-state index < -0.39 is 0 Å². The molecular weight excluding hydrogens is 320 g/mol. The minimum atomic E-state index is -0.196. The number of benzene rings is 1. The highest BCUT2D eigenvalue weighted by atomic mass is 79.9. The van der Waals surface area contributed by atoms with Crippen LogP contribution in [0.4, 0.5) is 0 Å². The number of carbonyl (C=O) groups excluding carboxylic acids is 1. The van der Waals surface area contributed by atoms with Crippen LogP contribution >= 0.6 is 15.9 Å². The molecular formula is C15H21BrN2O2. The molecule has 0 atom stereocenters. The van der Waals surface area contributed by atoms with Crippen LogP contribution in [0.25, 0.3) is 0 Å². The Morgan fingerprint density at radius 1 is 1.40 bits per heavy atom. The second-order valence-electron chi connectivity index (χ2n) is 6.05. The second kappa shape index (κ2) is 6.14. The molecule has 2 N–H and O–H groups in total. The van der Waals surface area contributed by atoms with E-state index in [1.54, 1.807) is 0 Å². The number of nitrogens with one attached hydrogen (secondary N) is 2. The van der Waals surface area contributed by atoms with Crippen molar-refractivity contribution in [3.05, 3.63) is 27.7 Å². The highest BCUT2D eigenvalue weighted by Gasteiger charge is 2.18. The van der Waals surface area contributed by atoms with Crippen molar-refractivity contribution in [1.29, 1.82) is 0 Å². The van der Waals surface area contributed by atoms with Crippen molar-refractivity contribution >= 4 is 21.8 Å². The fraction of sp³-hybridized carbons (Fsp3) is 0.533. The van der Waals surface area contributed by atoms with Crippen LogP contribution in [0.2, 0.25) is 0 Å². The van der Waals surface area contributed by atoms with Gasteiger partial charge >= 0.3 is 0 Å².